The van der Waals surface area contributed by atoms with Crippen LogP contribution in [0.25, 0.3) is 0 Å². The lowest BCUT2D eigenvalue weighted by molar-refractivity contribution is -0.145. The van der Waals surface area contributed by atoms with Crippen molar-refractivity contribution in [1.82, 2.24) is 0 Å². The predicted molar refractivity (Wildman–Crippen MR) is 85.6 cm³/mol. The minimum atomic E-state index is -1.09. The smallest absolute Gasteiger partial charge is 0.374 e. The van der Waals surface area contributed by atoms with E-state index < -0.39 is 11.9 Å². The van der Waals surface area contributed by atoms with E-state index in [0.29, 0.717) is 6.42 Å². The molecule has 2 heterocycles. The Kier molecular flexibility index (Phi) is 7.98. The Bertz CT molecular complexity index is 629. The van der Waals surface area contributed by atoms with Gasteiger partial charge in [-0.25, -0.2) is 9.59 Å². The molecule has 136 valence electrons. The highest BCUT2D eigenvalue weighted by Gasteiger charge is 2.31. The Hall–Kier alpha value is -3.03. The van der Waals surface area contributed by atoms with Crippen molar-refractivity contribution in [2.24, 2.45) is 5.92 Å². The first kappa shape index (κ1) is 20.0. The van der Waals surface area contributed by atoms with Gasteiger partial charge in [-0.15, -0.1) is 0 Å². The van der Waals surface area contributed by atoms with Crippen LogP contribution in [0.3, 0.4) is 0 Å². The summed E-state index contributed by atoms with van der Waals surface area (Å²) in [6, 6.07) is 3.12. The number of esters is 2. The lowest BCUT2D eigenvalue weighted by Gasteiger charge is -2.08. The molecule has 0 bridgehead atoms. The van der Waals surface area contributed by atoms with Gasteiger partial charge in [-0.1, -0.05) is 19.6 Å². The molecule has 1 N–H and O–H groups in total. The minimum absolute atomic E-state index is 0.0790. The molecular weight excluding hydrogens is 332 g/mol. The fraction of sp³-hybridized carbons (Fsp3) is 0.353. The number of allylic oxidation sites excluding steroid dienone is 2. The molecule has 2 atom stereocenters. The second-order valence-electron chi connectivity index (χ2n) is 5.05. The van der Waals surface area contributed by atoms with Crippen LogP contribution in [-0.2, 0) is 23.8 Å². The number of ether oxygens (including phenoxy) is 3. The van der Waals surface area contributed by atoms with E-state index in [1.807, 2.05) is 0 Å². The number of carboxylic acids is 1. The molecule has 1 fully saturated rings. The van der Waals surface area contributed by atoms with Crippen molar-refractivity contribution in [1.29, 1.82) is 0 Å². The van der Waals surface area contributed by atoms with Crippen LogP contribution in [-0.4, -0.2) is 42.8 Å². The fourth-order valence-electron chi connectivity index (χ4n) is 1.89. The first-order valence-electron chi connectivity index (χ1n) is 7.40. The maximum Gasteiger partial charge on any atom is 0.374 e. The number of carbonyl (C=O) groups is 3. The number of rotatable bonds is 6. The Morgan fingerprint density at radius 2 is 2.20 bits per heavy atom. The van der Waals surface area contributed by atoms with Crippen LogP contribution in [0.15, 0.2) is 47.3 Å². The Balaban J connectivity index is 0.000000299. The number of carbonyl (C=O) groups excluding carboxylic acids is 2. The van der Waals surface area contributed by atoms with Crippen LogP contribution < -0.4 is 0 Å². The van der Waals surface area contributed by atoms with E-state index in [2.05, 4.69) is 11.3 Å². The third-order valence-electron chi connectivity index (χ3n) is 3.12. The highest BCUT2D eigenvalue weighted by atomic mass is 16.6. The highest BCUT2D eigenvalue weighted by molar-refractivity contribution is 5.86. The van der Waals surface area contributed by atoms with E-state index in [1.54, 1.807) is 13.0 Å². The van der Waals surface area contributed by atoms with Crippen LogP contribution in [0.5, 0.6) is 0 Å². The summed E-state index contributed by atoms with van der Waals surface area (Å²) in [5.74, 6) is -1.94. The molecule has 0 amide bonds. The van der Waals surface area contributed by atoms with Gasteiger partial charge in [0, 0.05) is 6.42 Å². The van der Waals surface area contributed by atoms with Crippen molar-refractivity contribution in [3.8, 4) is 0 Å². The van der Waals surface area contributed by atoms with Gasteiger partial charge in [0.1, 0.15) is 12.7 Å². The average molecular weight is 352 g/mol. The first-order valence-corrected chi connectivity index (χ1v) is 7.40. The molecule has 25 heavy (non-hydrogen) atoms. The molecule has 0 radical (unpaired) electrons. The van der Waals surface area contributed by atoms with Gasteiger partial charge in [-0.05, 0) is 18.2 Å². The third kappa shape index (κ3) is 6.54. The van der Waals surface area contributed by atoms with Crippen molar-refractivity contribution in [3.63, 3.8) is 0 Å². The van der Waals surface area contributed by atoms with Crippen LogP contribution in [0, 0.1) is 5.92 Å². The topological polar surface area (TPSA) is 112 Å². The van der Waals surface area contributed by atoms with Crippen molar-refractivity contribution in [2.45, 2.75) is 19.4 Å². The number of methoxy groups -OCH3 is 1. The van der Waals surface area contributed by atoms with E-state index in [0.717, 1.165) is 0 Å². The normalized spacial score (nSPS) is 19.3. The van der Waals surface area contributed by atoms with Crippen molar-refractivity contribution in [3.05, 3.63) is 48.6 Å². The quantitative estimate of drug-likeness (QED) is 0.359. The van der Waals surface area contributed by atoms with Gasteiger partial charge in [-0.2, -0.15) is 0 Å². The lowest BCUT2D eigenvalue weighted by Crippen LogP contribution is -2.18. The monoisotopic (exact) mass is 352 g/mol. The molecule has 0 saturated carbocycles. The molecule has 1 saturated heterocycles. The fourth-order valence-corrected chi connectivity index (χ4v) is 1.89. The Morgan fingerprint density at radius 1 is 1.48 bits per heavy atom. The maximum absolute atomic E-state index is 11.4. The highest BCUT2D eigenvalue weighted by Crippen LogP contribution is 2.20. The summed E-state index contributed by atoms with van der Waals surface area (Å²) in [4.78, 5) is 32.5. The summed E-state index contributed by atoms with van der Waals surface area (Å²) in [5, 5.41) is 8.26. The van der Waals surface area contributed by atoms with Crippen molar-refractivity contribution < 1.29 is 38.1 Å². The molecule has 0 spiro atoms. The van der Waals surface area contributed by atoms with Crippen LogP contribution in [0.1, 0.15) is 23.9 Å². The molecule has 0 aliphatic carbocycles. The van der Waals surface area contributed by atoms with Gasteiger partial charge in [0.2, 0.25) is 11.5 Å². The first-order chi connectivity index (χ1) is 11.9. The molecule has 2 unspecified atom stereocenters. The van der Waals surface area contributed by atoms with Gasteiger partial charge in [-0.3, -0.25) is 4.79 Å². The van der Waals surface area contributed by atoms with Crippen LogP contribution in [0.2, 0.25) is 0 Å². The summed E-state index contributed by atoms with van der Waals surface area (Å²) in [7, 11) is 1.30. The van der Waals surface area contributed by atoms with Gasteiger partial charge in [0.05, 0.1) is 19.3 Å². The summed E-state index contributed by atoms with van der Waals surface area (Å²) in [6.07, 6.45) is 4.29. The largest absolute Gasteiger partial charge is 0.490 e. The molecule has 8 heteroatoms. The molecule has 1 aliphatic rings. The van der Waals surface area contributed by atoms with Gasteiger partial charge >= 0.3 is 17.9 Å². The average Bonchev–Trinajstić information content (AvgIpc) is 3.21. The zero-order valence-electron chi connectivity index (χ0n) is 14.0. The number of aliphatic carboxylic acids is 1. The van der Waals surface area contributed by atoms with Gasteiger partial charge < -0.3 is 23.7 Å². The molecule has 1 aliphatic heterocycles. The molecule has 1 aromatic rings. The Morgan fingerprint density at radius 3 is 2.60 bits per heavy atom. The zero-order chi connectivity index (χ0) is 18.8. The SMILES string of the molecule is C=C/C=C(\OC)C(=O)O.CC1CC(COC(=O)c2ccco2)OC1=O. The van der Waals surface area contributed by atoms with Crippen molar-refractivity contribution in [2.75, 3.05) is 13.7 Å². The van der Waals surface area contributed by atoms with E-state index in [4.69, 9.17) is 19.0 Å². The second-order valence-corrected chi connectivity index (χ2v) is 5.05. The lowest BCUT2D eigenvalue weighted by atomic mass is 10.1. The number of hydrogen-bond acceptors (Lipinski definition) is 7. The molecular formula is C17H20O8. The summed E-state index contributed by atoms with van der Waals surface area (Å²) in [5.41, 5.74) is 0. The minimum Gasteiger partial charge on any atom is -0.490 e. The molecule has 1 aromatic heterocycles. The number of carboxylic acid groups (broad SMARTS) is 1. The summed E-state index contributed by atoms with van der Waals surface area (Å²) >= 11 is 0. The van der Waals surface area contributed by atoms with E-state index in [9.17, 15) is 14.4 Å². The standard InChI is InChI=1S/C11H12O5.C6H8O3/c1-7-5-8(16-10(7)12)6-15-11(13)9-3-2-4-14-9;1-3-4-5(9-2)6(7)8/h2-4,7-8H,5-6H2,1H3;3-4H,1H2,2H3,(H,7,8)/b;5-4-. The molecule has 0 aromatic carbocycles. The van der Waals surface area contributed by atoms with Crippen LogP contribution >= 0.6 is 0 Å². The predicted octanol–water partition coefficient (Wildman–Crippen LogP) is 2.18. The van der Waals surface area contributed by atoms with Gasteiger partial charge in [0.25, 0.3) is 0 Å². The zero-order valence-corrected chi connectivity index (χ0v) is 14.0. The molecule has 2 rings (SSSR count). The number of furan rings is 1. The number of hydrogen-bond donors (Lipinski definition) is 1. The summed E-state index contributed by atoms with van der Waals surface area (Å²) in [6.45, 7) is 5.18. The van der Waals surface area contributed by atoms with E-state index >= 15 is 0 Å². The Labute approximate surface area is 144 Å². The van der Waals surface area contributed by atoms with Crippen LogP contribution in [0.4, 0.5) is 0 Å². The van der Waals surface area contributed by atoms with E-state index in [1.165, 1.54) is 31.6 Å². The summed E-state index contributed by atoms with van der Waals surface area (Å²) < 4.78 is 19.3. The van der Waals surface area contributed by atoms with Gasteiger partial charge in [0.15, 0.2) is 0 Å². The third-order valence-corrected chi connectivity index (χ3v) is 3.12. The number of cyclic esters (lactones) is 1. The maximum atomic E-state index is 11.4. The second kappa shape index (κ2) is 9.96. The van der Waals surface area contributed by atoms with Crippen molar-refractivity contribution >= 4 is 17.9 Å². The van der Waals surface area contributed by atoms with E-state index in [-0.39, 0.29) is 36.1 Å². The molecule has 8 nitrogen and oxygen atoms in total.